The Hall–Kier alpha value is -1.77. The molecule has 1 aliphatic heterocycles. The molecular weight excluding hydrogens is 298 g/mol. The molecule has 0 radical (unpaired) electrons. The summed E-state index contributed by atoms with van der Waals surface area (Å²) in [5.74, 6) is -1.80. The summed E-state index contributed by atoms with van der Waals surface area (Å²) in [7, 11) is 0. The monoisotopic (exact) mass is 317 g/mol. The topological polar surface area (TPSA) is 130 Å². The van der Waals surface area contributed by atoms with Gasteiger partial charge in [0.15, 0.2) is 0 Å². The van der Waals surface area contributed by atoms with Gasteiger partial charge in [-0.15, -0.1) is 11.8 Å². The van der Waals surface area contributed by atoms with E-state index in [9.17, 15) is 19.2 Å². The van der Waals surface area contributed by atoms with Crippen LogP contribution in [-0.4, -0.2) is 64.8 Å². The number of carbonyl (C=O) groups is 4. The molecule has 0 aliphatic carbocycles. The van der Waals surface area contributed by atoms with Crippen LogP contribution in [0.3, 0.4) is 0 Å². The van der Waals surface area contributed by atoms with Crippen molar-refractivity contribution in [2.24, 2.45) is 11.7 Å². The van der Waals surface area contributed by atoms with E-state index in [1.165, 1.54) is 0 Å². The number of nitrogens with two attached hydrogens (primary N) is 1. The van der Waals surface area contributed by atoms with E-state index in [-0.39, 0.29) is 23.3 Å². The highest BCUT2D eigenvalue weighted by Gasteiger charge is 2.27. The average molecular weight is 317 g/mol. The summed E-state index contributed by atoms with van der Waals surface area (Å²) >= 11 is 1.13. The lowest BCUT2D eigenvalue weighted by atomic mass is 9.97. The van der Waals surface area contributed by atoms with E-state index >= 15 is 0 Å². The molecule has 1 aliphatic rings. The molecule has 0 saturated carbocycles. The predicted octanol–water partition coefficient (Wildman–Crippen LogP) is -1.36. The van der Waals surface area contributed by atoms with Crippen LogP contribution in [0.2, 0.25) is 0 Å². The van der Waals surface area contributed by atoms with Gasteiger partial charge in [0.2, 0.25) is 18.2 Å². The third-order valence-electron chi connectivity index (χ3n) is 3.25. The van der Waals surface area contributed by atoms with Gasteiger partial charge in [-0.25, -0.2) is 4.79 Å². The predicted molar refractivity (Wildman–Crippen MR) is 76.4 cm³/mol. The number of likely N-dealkylation sites (tertiary alicyclic amines) is 1. The van der Waals surface area contributed by atoms with Gasteiger partial charge in [-0.05, 0) is 12.8 Å². The Morgan fingerprint density at radius 1 is 1.48 bits per heavy atom. The van der Waals surface area contributed by atoms with Gasteiger partial charge >= 0.3 is 5.97 Å². The van der Waals surface area contributed by atoms with E-state index in [0.29, 0.717) is 25.9 Å². The van der Waals surface area contributed by atoms with Gasteiger partial charge < -0.3 is 21.1 Å². The zero-order valence-electron chi connectivity index (χ0n) is 11.5. The summed E-state index contributed by atoms with van der Waals surface area (Å²) in [6.45, 7) is 0.905. The first-order valence-electron chi connectivity index (χ1n) is 6.53. The fourth-order valence-corrected chi connectivity index (χ4v) is 3.01. The first-order valence-corrected chi connectivity index (χ1v) is 7.68. The lowest BCUT2D eigenvalue weighted by Gasteiger charge is -2.31. The first kappa shape index (κ1) is 17.3. The largest absolute Gasteiger partial charge is 0.480 e. The van der Waals surface area contributed by atoms with Crippen molar-refractivity contribution in [3.63, 3.8) is 0 Å². The van der Waals surface area contributed by atoms with Crippen molar-refractivity contribution in [3.8, 4) is 0 Å². The maximum Gasteiger partial charge on any atom is 0.327 e. The van der Waals surface area contributed by atoms with Crippen molar-refractivity contribution in [3.05, 3.63) is 0 Å². The number of amides is 3. The van der Waals surface area contributed by atoms with Crippen molar-refractivity contribution in [1.82, 2.24) is 10.2 Å². The first-order chi connectivity index (χ1) is 9.95. The zero-order chi connectivity index (χ0) is 15.8. The molecule has 2 atom stereocenters. The minimum absolute atomic E-state index is 0.104. The normalized spacial score (nSPS) is 19.6. The molecule has 3 amide bonds. The second-order valence-electron chi connectivity index (χ2n) is 4.77. The minimum Gasteiger partial charge on any atom is -0.480 e. The van der Waals surface area contributed by atoms with Crippen LogP contribution in [0, 0.1) is 5.92 Å². The third kappa shape index (κ3) is 5.62. The Bertz CT molecular complexity index is 418. The van der Waals surface area contributed by atoms with E-state index < -0.39 is 17.9 Å². The summed E-state index contributed by atoms with van der Waals surface area (Å²) < 4.78 is 0. The molecule has 0 bridgehead atoms. The standard InChI is InChI=1S/C12H19N3O5S/c13-11(18)8-2-1-3-15(4-8)10(17)6-21-5-9(12(19)20)14-7-16/h7-9H,1-6H2,(H2,13,18)(H,14,16)(H,19,20). The van der Waals surface area contributed by atoms with Crippen LogP contribution in [0.15, 0.2) is 0 Å². The van der Waals surface area contributed by atoms with E-state index in [0.717, 1.165) is 18.2 Å². The molecule has 9 heteroatoms. The van der Waals surface area contributed by atoms with Crippen LogP contribution < -0.4 is 11.1 Å². The van der Waals surface area contributed by atoms with Crippen LogP contribution in [0.4, 0.5) is 0 Å². The molecule has 1 rings (SSSR count). The second-order valence-corrected chi connectivity index (χ2v) is 5.80. The van der Waals surface area contributed by atoms with Gasteiger partial charge in [0.05, 0.1) is 11.7 Å². The fourth-order valence-electron chi connectivity index (χ4n) is 2.06. The number of nitrogens with one attached hydrogen (secondary N) is 1. The lowest BCUT2D eigenvalue weighted by molar-refractivity contribution is -0.140. The van der Waals surface area contributed by atoms with Crippen molar-refractivity contribution in [2.75, 3.05) is 24.6 Å². The number of hydrogen-bond donors (Lipinski definition) is 3. The second kappa shape index (κ2) is 8.50. The van der Waals surface area contributed by atoms with E-state index in [2.05, 4.69) is 5.32 Å². The Kier molecular flexibility index (Phi) is 7.00. The molecular formula is C12H19N3O5S. The number of primary amides is 1. The maximum atomic E-state index is 12.0. The molecule has 2 unspecified atom stereocenters. The molecule has 8 nitrogen and oxygen atoms in total. The van der Waals surface area contributed by atoms with Gasteiger partial charge in [-0.1, -0.05) is 0 Å². The summed E-state index contributed by atoms with van der Waals surface area (Å²) in [5, 5.41) is 11.0. The highest BCUT2D eigenvalue weighted by Crippen LogP contribution is 2.17. The van der Waals surface area contributed by atoms with E-state index in [4.69, 9.17) is 10.8 Å². The number of hydrogen-bond acceptors (Lipinski definition) is 5. The molecule has 1 fully saturated rings. The number of aliphatic carboxylic acids is 1. The third-order valence-corrected chi connectivity index (χ3v) is 4.27. The highest BCUT2D eigenvalue weighted by atomic mass is 32.2. The summed E-state index contributed by atoms with van der Waals surface area (Å²) in [4.78, 5) is 45.8. The van der Waals surface area contributed by atoms with Crippen LogP contribution in [0.25, 0.3) is 0 Å². The zero-order valence-corrected chi connectivity index (χ0v) is 12.3. The Morgan fingerprint density at radius 3 is 2.76 bits per heavy atom. The number of thioether (sulfide) groups is 1. The quantitative estimate of drug-likeness (QED) is 0.474. The molecule has 0 aromatic rings. The van der Waals surface area contributed by atoms with Crippen molar-refractivity contribution >= 4 is 36.0 Å². The number of carbonyl (C=O) groups excluding carboxylic acids is 3. The van der Waals surface area contributed by atoms with Crippen LogP contribution in [-0.2, 0) is 19.2 Å². The number of carboxylic acid groups (broad SMARTS) is 1. The Morgan fingerprint density at radius 2 is 2.19 bits per heavy atom. The van der Waals surface area contributed by atoms with Gasteiger partial charge in [0.25, 0.3) is 0 Å². The number of rotatable bonds is 8. The van der Waals surface area contributed by atoms with Gasteiger partial charge in [-0.2, -0.15) is 0 Å². The summed E-state index contributed by atoms with van der Waals surface area (Å²) in [6, 6.07) is -1.01. The molecule has 0 spiro atoms. The lowest BCUT2D eigenvalue weighted by Crippen LogP contribution is -2.45. The van der Waals surface area contributed by atoms with Crippen molar-refractivity contribution in [2.45, 2.75) is 18.9 Å². The maximum absolute atomic E-state index is 12.0. The fraction of sp³-hybridized carbons (Fsp3) is 0.667. The summed E-state index contributed by atoms with van der Waals surface area (Å²) in [6.07, 6.45) is 1.74. The molecule has 1 heterocycles. The Labute approximate surface area is 126 Å². The number of carboxylic acids is 1. The smallest absolute Gasteiger partial charge is 0.327 e. The molecule has 0 aromatic heterocycles. The minimum atomic E-state index is -1.14. The van der Waals surface area contributed by atoms with Crippen LogP contribution >= 0.6 is 11.8 Å². The molecule has 0 aromatic carbocycles. The van der Waals surface area contributed by atoms with E-state index in [1.807, 2.05) is 0 Å². The SMILES string of the molecule is NC(=O)C1CCCN(C(=O)CSCC(NC=O)C(=O)O)C1. The number of nitrogens with zero attached hydrogens (tertiary/aromatic N) is 1. The molecule has 118 valence electrons. The molecule has 1 saturated heterocycles. The Balaban J connectivity index is 2.37. The summed E-state index contributed by atoms with van der Waals surface area (Å²) in [5.41, 5.74) is 5.25. The van der Waals surface area contributed by atoms with Gasteiger partial charge in [-0.3, -0.25) is 14.4 Å². The van der Waals surface area contributed by atoms with Crippen LogP contribution in [0.5, 0.6) is 0 Å². The van der Waals surface area contributed by atoms with Crippen molar-refractivity contribution < 1.29 is 24.3 Å². The molecule has 4 N–H and O–H groups in total. The molecule has 21 heavy (non-hydrogen) atoms. The highest BCUT2D eigenvalue weighted by molar-refractivity contribution is 8.00. The van der Waals surface area contributed by atoms with E-state index in [1.54, 1.807) is 4.90 Å². The van der Waals surface area contributed by atoms with Crippen molar-refractivity contribution in [1.29, 1.82) is 0 Å². The number of piperidine rings is 1. The van der Waals surface area contributed by atoms with Crippen LogP contribution in [0.1, 0.15) is 12.8 Å². The van der Waals surface area contributed by atoms with Gasteiger partial charge in [0.1, 0.15) is 6.04 Å². The van der Waals surface area contributed by atoms with Gasteiger partial charge in [0, 0.05) is 18.8 Å². The average Bonchev–Trinajstić information content (AvgIpc) is 2.46.